The van der Waals surface area contributed by atoms with Crippen LogP contribution in [0.2, 0.25) is 0 Å². The molecule has 1 aliphatic carbocycles. The number of rotatable bonds is 4. The molecule has 114 valence electrons. The summed E-state index contributed by atoms with van der Waals surface area (Å²) in [5, 5.41) is 0. The Balaban J connectivity index is 0.000000830. The topological polar surface area (TPSA) is 83.8 Å². The molecule has 0 spiro atoms. The molecule has 0 saturated heterocycles. The summed E-state index contributed by atoms with van der Waals surface area (Å²) in [4.78, 5) is 8.81. The first-order chi connectivity index (χ1) is 8.97. The minimum absolute atomic E-state index is 0. The minimum atomic E-state index is 0. The fourth-order valence-electron chi connectivity index (χ4n) is 1.90. The summed E-state index contributed by atoms with van der Waals surface area (Å²) in [6.45, 7) is 8.89. The molecule has 0 radical (unpaired) electrons. The summed E-state index contributed by atoms with van der Waals surface area (Å²) in [5.74, 6) is 3.00. The van der Waals surface area contributed by atoms with E-state index in [1.807, 2.05) is 12.1 Å². The van der Waals surface area contributed by atoms with Gasteiger partial charge in [0.15, 0.2) is 0 Å². The van der Waals surface area contributed by atoms with Gasteiger partial charge in [-0.15, -0.1) is 0 Å². The summed E-state index contributed by atoms with van der Waals surface area (Å²) in [5.41, 5.74) is 7.91. The highest BCUT2D eigenvalue weighted by molar-refractivity contribution is 5.48. The maximum atomic E-state index is 8.81. The van der Waals surface area contributed by atoms with Gasteiger partial charge in [0.25, 0.3) is 0 Å². The van der Waals surface area contributed by atoms with Crippen LogP contribution in [-0.2, 0) is 4.79 Å². The molecule has 20 heavy (non-hydrogen) atoms. The zero-order valence-electron chi connectivity index (χ0n) is 12.8. The number of anilines is 1. The Morgan fingerprint density at radius 3 is 2.40 bits per heavy atom. The van der Waals surface area contributed by atoms with Crippen LogP contribution >= 0.6 is 0 Å². The van der Waals surface area contributed by atoms with Crippen molar-refractivity contribution in [3.05, 3.63) is 23.8 Å². The SMILES string of the molecule is CC(C)c1cc(N)cc(OCC2CC2C)c1.CC=O.O. The normalized spacial score (nSPS) is 19.4. The molecule has 1 saturated carbocycles. The van der Waals surface area contributed by atoms with Crippen molar-refractivity contribution in [2.24, 2.45) is 11.8 Å². The molecule has 0 bridgehead atoms. The van der Waals surface area contributed by atoms with E-state index in [2.05, 4.69) is 26.8 Å². The number of ether oxygens (including phenoxy) is 1. The van der Waals surface area contributed by atoms with E-state index >= 15 is 0 Å². The van der Waals surface area contributed by atoms with Gasteiger partial charge >= 0.3 is 0 Å². The summed E-state index contributed by atoms with van der Waals surface area (Å²) in [6.07, 6.45) is 2.05. The number of hydrogen-bond acceptors (Lipinski definition) is 3. The number of carbonyl (C=O) groups excluding carboxylic acids is 1. The number of benzene rings is 1. The van der Waals surface area contributed by atoms with Crippen LogP contribution in [0, 0.1) is 11.8 Å². The van der Waals surface area contributed by atoms with Crippen LogP contribution in [0.3, 0.4) is 0 Å². The molecular formula is C16H27NO3. The highest BCUT2D eigenvalue weighted by Gasteiger charge is 2.32. The summed E-state index contributed by atoms with van der Waals surface area (Å²) in [7, 11) is 0. The van der Waals surface area contributed by atoms with Crippen LogP contribution in [0.5, 0.6) is 5.75 Å². The van der Waals surface area contributed by atoms with Gasteiger partial charge in [-0.2, -0.15) is 0 Å². The van der Waals surface area contributed by atoms with Gasteiger partial charge in [0.05, 0.1) is 6.61 Å². The van der Waals surface area contributed by atoms with Crippen LogP contribution in [0.25, 0.3) is 0 Å². The van der Waals surface area contributed by atoms with Crippen LogP contribution in [-0.4, -0.2) is 18.4 Å². The second kappa shape index (κ2) is 8.59. The van der Waals surface area contributed by atoms with Crippen molar-refractivity contribution in [3.8, 4) is 5.75 Å². The minimum Gasteiger partial charge on any atom is -0.493 e. The third-order valence-electron chi connectivity index (χ3n) is 3.36. The lowest BCUT2D eigenvalue weighted by atomic mass is 10.0. The van der Waals surface area contributed by atoms with Crippen LogP contribution in [0.1, 0.15) is 45.6 Å². The van der Waals surface area contributed by atoms with E-state index in [1.165, 1.54) is 18.9 Å². The van der Waals surface area contributed by atoms with Gasteiger partial charge in [0.1, 0.15) is 12.0 Å². The highest BCUT2D eigenvalue weighted by Crippen LogP contribution is 2.38. The van der Waals surface area contributed by atoms with Gasteiger partial charge in [-0.05, 0) is 48.8 Å². The van der Waals surface area contributed by atoms with Crippen molar-refractivity contribution >= 4 is 12.0 Å². The van der Waals surface area contributed by atoms with E-state index in [0.29, 0.717) is 5.92 Å². The number of carbonyl (C=O) groups is 1. The van der Waals surface area contributed by atoms with E-state index in [4.69, 9.17) is 15.3 Å². The van der Waals surface area contributed by atoms with Gasteiger partial charge in [-0.3, -0.25) is 0 Å². The molecule has 2 atom stereocenters. The van der Waals surface area contributed by atoms with Gasteiger partial charge in [0.2, 0.25) is 0 Å². The maximum absolute atomic E-state index is 8.81. The number of hydrogen-bond donors (Lipinski definition) is 1. The smallest absolute Gasteiger partial charge is 0.121 e. The molecule has 4 heteroatoms. The molecule has 0 aromatic heterocycles. The van der Waals surface area contributed by atoms with E-state index < -0.39 is 0 Å². The highest BCUT2D eigenvalue weighted by atomic mass is 16.5. The van der Waals surface area contributed by atoms with Crippen molar-refractivity contribution in [2.75, 3.05) is 12.3 Å². The molecule has 1 aromatic rings. The summed E-state index contributed by atoms with van der Waals surface area (Å²) in [6, 6.07) is 6.05. The first-order valence-electron chi connectivity index (χ1n) is 6.91. The second-order valence-electron chi connectivity index (χ2n) is 5.51. The molecule has 1 aromatic carbocycles. The van der Waals surface area contributed by atoms with Crippen molar-refractivity contribution in [2.45, 2.75) is 40.0 Å². The van der Waals surface area contributed by atoms with Gasteiger partial charge in [-0.1, -0.05) is 20.8 Å². The average Bonchev–Trinajstić information content (AvgIpc) is 3.03. The molecule has 0 aliphatic heterocycles. The molecule has 0 amide bonds. The standard InChI is InChI=1S/C14H21NO.C2H4O.H2O/c1-9(2)11-5-13(15)7-14(6-11)16-8-12-4-10(12)3;1-2-3;/h5-7,9-10,12H,4,8,15H2,1-3H3;2H,1H3;1H2. The number of nitrogens with two attached hydrogens (primary N) is 1. The predicted octanol–water partition coefficient (Wildman–Crippen LogP) is 2.81. The van der Waals surface area contributed by atoms with Crippen molar-refractivity contribution < 1.29 is 15.0 Å². The largest absolute Gasteiger partial charge is 0.493 e. The van der Waals surface area contributed by atoms with E-state index in [-0.39, 0.29) is 5.48 Å². The first kappa shape index (κ1) is 18.4. The Labute approximate surface area is 121 Å². The van der Waals surface area contributed by atoms with Gasteiger partial charge in [0, 0.05) is 11.8 Å². The second-order valence-corrected chi connectivity index (χ2v) is 5.51. The first-order valence-corrected chi connectivity index (χ1v) is 6.91. The Morgan fingerprint density at radius 2 is 1.95 bits per heavy atom. The van der Waals surface area contributed by atoms with E-state index in [1.54, 1.807) is 0 Å². The average molecular weight is 281 g/mol. The lowest BCUT2D eigenvalue weighted by molar-refractivity contribution is -0.106. The third-order valence-corrected chi connectivity index (χ3v) is 3.36. The molecular weight excluding hydrogens is 254 g/mol. The maximum Gasteiger partial charge on any atom is 0.121 e. The van der Waals surface area contributed by atoms with Crippen LogP contribution < -0.4 is 10.5 Å². The molecule has 2 unspecified atom stereocenters. The van der Waals surface area contributed by atoms with Gasteiger partial charge in [-0.25, -0.2) is 0 Å². The molecule has 4 nitrogen and oxygen atoms in total. The molecule has 1 fully saturated rings. The molecule has 1 aliphatic rings. The Bertz CT molecular complexity index is 418. The summed E-state index contributed by atoms with van der Waals surface area (Å²) < 4.78 is 5.79. The Morgan fingerprint density at radius 1 is 1.40 bits per heavy atom. The molecule has 4 N–H and O–H groups in total. The van der Waals surface area contributed by atoms with Crippen LogP contribution in [0.15, 0.2) is 18.2 Å². The predicted molar refractivity (Wildman–Crippen MR) is 83.1 cm³/mol. The lowest BCUT2D eigenvalue weighted by Crippen LogP contribution is -2.02. The molecule has 0 heterocycles. The fraction of sp³-hybridized carbons (Fsp3) is 0.562. The lowest BCUT2D eigenvalue weighted by Gasteiger charge is -2.11. The van der Waals surface area contributed by atoms with E-state index in [0.717, 1.165) is 36.2 Å². The quantitative estimate of drug-likeness (QED) is 0.680. The van der Waals surface area contributed by atoms with Crippen molar-refractivity contribution in [1.82, 2.24) is 0 Å². The third kappa shape index (κ3) is 6.06. The van der Waals surface area contributed by atoms with E-state index in [9.17, 15) is 0 Å². The van der Waals surface area contributed by atoms with Crippen molar-refractivity contribution in [1.29, 1.82) is 0 Å². The molecule has 2 rings (SSSR count). The monoisotopic (exact) mass is 281 g/mol. The zero-order chi connectivity index (χ0) is 14.4. The Hall–Kier alpha value is -1.55. The number of aldehydes is 1. The zero-order valence-corrected chi connectivity index (χ0v) is 12.8. The number of nitrogen functional groups attached to an aromatic ring is 1. The Kier molecular flexibility index (Phi) is 7.92. The summed E-state index contributed by atoms with van der Waals surface area (Å²) >= 11 is 0. The van der Waals surface area contributed by atoms with Crippen molar-refractivity contribution in [3.63, 3.8) is 0 Å². The van der Waals surface area contributed by atoms with Gasteiger partial charge < -0.3 is 20.7 Å². The fourth-order valence-corrected chi connectivity index (χ4v) is 1.90. The van der Waals surface area contributed by atoms with Crippen LogP contribution in [0.4, 0.5) is 5.69 Å².